The van der Waals surface area contributed by atoms with Crippen LogP contribution in [0.3, 0.4) is 0 Å². The minimum atomic E-state index is -3.65. The van der Waals surface area contributed by atoms with E-state index in [9.17, 15) is 8.42 Å². The number of sulfonamides is 1. The molecule has 0 saturated carbocycles. The van der Waals surface area contributed by atoms with Gasteiger partial charge in [-0.3, -0.25) is 0 Å². The van der Waals surface area contributed by atoms with Crippen LogP contribution in [0, 0.1) is 18.3 Å². The third-order valence-electron chi connectivity index (χ3n) is 2.77. The number of nitrogens with zero attached hydrogens (tertiary/aromatic N) is 1. The molecule has 0 saturated heterocycles. The topological polar surface area (TPSA) is 82.0 Å². The van der Waals surface area contributed by atoms with E-state index in [0.29, 0.717) is 5.56 Å². The maximum absolute atomic E-state index is 12.2. The number of nitrogens with one attached hydrogen (secondary N) is 2. The van der Waals surface area contributed by atoms with Crippen molar-refractivity contribution in [1.29, 1.82) is 5.26 Å². The summed E-state index contributed by atoms with van der Waals surface area (Å²) in [5.41, 5.74) is 0.858. The third-order valence-corrected chi connectivity index (χ3v) is 4.23. The number of hydrogen-bond donors (Lipinski definition) is 2. The Morgan fingerprint density at radius 3 is 2.68 bits per heavy atom. The smallest absolute Gasteiger partial charge is 0.241 e. The van der Waals surface area contributed by atoms with Gasteiger partial charge in [0.2, 0.25) is 10.0 Å². The second-order valence-corrected chi connectivity index (χ2v) is 6.11. The predicted molar refractivity (Wildman–Crippen MR) is 74.2 cm³/mol. The van der Waals surface area contributed by atoms with Crippen LogP contribution in [-0.2, 0) is 10.0 Å². The van der Waals surface area contributed by atoms with Gasteiger partial charge in [0.25, 0.3) is 0 Å². The van der Waals surface area contributed by atoms with Crippen LogP contribution in [0.5, 0.6) is 0 Å². The van der Waals surface area contributed by atoms with Gasteiger partial charge >= 0.3 is 0 Å². The molecule has 104 valence electrons. The lowest BCUT2D eigenvalue weighted by Gasteiger charge is -2.14. The largest absolute Gasteiger partial charge is 0.313 e. The van der Waals surface area contributed by atoms with Gasteiger partial charge in [-0.05, 0) is 32.0 Å². The Balaban J connectivity index is 2.96. The number of aryl methyl sites for hydroxylation is 1. The normalized spacial score (nSPS) is 12.9. The summed E-state index contributed by atoms with van der Waals surface area (Å²) in [6, 6.07) is 6.79. The number of benzene rings is 1. The summed E-state index contributed by atoms with van der Waals surface area (Å²) in [7, 11) is -3.65. The van der Waals surface area contributed by atoms with Gasteiger partial charge < -0.3 is 5.32 Å². The summed E-state index contributed by atoms with van der Waals surface area (Å²) in [4.78, 5) is 0.0405. The molecule has 0 amide bonds. The first-order chi connectivity index (χ1) is 8.92. The molecule has 1 rings (SSSR count). The van der Waals surface area contributed by atoms with Crippen molar-refractivity contribution in [2.75, 3.05) is 13.1 Å². The van der Waals surface area contributed by atoms with Crippen LogP contribution in [0.15, 0.2) is 23.1 Å². The maximum atomic E-state index is 12.2. The standard InChI is InChI=1S/C13H19N3O2S/c1-4-15-11(3)9-16-19(17,18)13-7-5-6-10(2)12(13)8-14/h5-7,11,15-16H,4,9H2,1-3H3/t11-/m1/s1. The van der Waals surface area contributed by atoms with Crippen molar-refractivity contribution >= 4 is 10.0 Å². The summed E-state index contributed by atoms with van der Waals surface area (Å²) in [5, 5.41) is 12.2. The Hall–Kier alpha value is -1.42. The van der Waals surface area contributed by atoms with Gasteiger partial charge in [0.1, 0.15) is 6.07 Å². The van der Waals surface area contributed by atoms with Crippen LogP contribution in [0.2, 0.25) is 0 Å². The van der Waals surface area contributed by atoms with E-state index in [1.54, 1.807) is 19.1 Å². The lowest BCUT2D eigenvalue weighted by Crippen LogP contribution is -2.39. The number of nitriles is 1. The Morgan fingerprint density at radius 1 is 1.42 bits per heavy atom. The van der Waals surface area contributed by atoms with Crippen molar-refractivity contribution in [3.8, 4) is 6.07 Å². The van der Waals surface area contributed by atoms with Gasteiger partial charge in [-0.1, -0.05) is 19.1 Å². The highest BCUT2D eigenvalue weighted by molar-refractivity contribution is 7.89. The molecular formula is C13H19N3O2S. The molecule has 5 nitrogen and oxygen atoms in total. The first-order valence-corrected chi connectivity index (χ1v) is 7.63. The second-order valence-electron chi connectivity index (χ2n) is 4.37. The average Bonchev–Trinajstić information content (AvgIpc) is 2.36. The first kappa shape index (κ1) is 15.6. The molecule has 0 aliphatic carbocycles. The van der Waals surface area contributed by atoms with Crippen LogP contribution in [-0.4, -0.2) is 27.5 Å². The molecule has 19 heavy (non-hydrogen) atoms. The zero-order chi connectivity index (χ0) is 14.5. The quantitative estimate of drug-likeness (QED) is 0.819. The molecule has 0 radical (unpaired) electrons. The molecule has 6 heteroatoms. The van der Waals surface area contributed by atoms with Gasteiger partial charge in [-0.2, -0.15) is 5.26 Å². The molecular weight excluding hydrogens is 262 g/mol. The molecule has 1 aromatic rings. The van der Waals surface area contributed by atoms with E-state index in [0.717, 1.165) is 6.54 Å². The molecule has 0 aliphatic rings. The lowest BCUT2D eigenvalue weighted by molar-refractivity contribution is 0.536. The number of rotatable bonds is 6. The summed E-state index contributed by atoms with van der Waals surface area (Å²) in [5.74, 6) is 0. The van der Waals surface area contributed by atoms with Crippen molar-refractivity contribution < 1.29 is 8.42 Å². The Morgan fingerprint density at radius 2 is 2.11 bits per heavy atom. The molecule has 0 aliphatic heterocycles. The Bertz CT molecular complexity index is 576. The second kappa shape index (κ2) is 6.66. The molecule has 1 aromatic carbocycles. The van der Waals surface area contributed by atoms with Gasteiger partial charge in [0, 0.05) is 12.6 Å². The van der Waals surface area contributed by atoms with Crippen molar-refractivity contribution in [3.05, 3.63) is 29.3 Å². The van der Waals surface area contributed by atoms with Crippen LogP contribution in [0.25, 0.3) is 0 Å². The first-order valence-electron chi connectivity index (χ1n) is 6.15. The zero-order valence-electron chi connectivity index (χ0n) is 11.4. The summed E-state index contributed by atoms with van der Waals surface area (Å²) in [6.07, 6.45) is 0. The fourth-order valence-electron chi connectivity index (χ4n) is 1.74. The molecule has 2 N–H and O–H groups in total. The van der Waals surface area contributed by atoms with Gasteiger partial charge in [-0.25, -0.2) is 13.1 Å². The van der Waals surface area contributed by atoms with E-state index < -0.39 is 10.0 Å². The summed E-state index contributed by atoms with van der Waals surface area (Å²) in [6.45, 7) is 6.64. The molecule has 1 atom stereocenters. The van der Waals surface area contributed by atoms with Crippen molar-refractivity contribution in [3.63, 3.8) is 0 Å². The number of likely N-dealkylation sites (N-methyl/N-ethyl adjacent to an activating group) is 1. The van der Waals surface area contributed by atoms with Crippen LogP contribution < -0.4 is 10.0 Å². The van der Waals surface area contributed by atoms with Crippen molar-refractivity contribution in [2.45, 2.75) is 31.7 Å². The maximum Gasteiger partial charge on any atom is 0.241 e. The predicted octanol–water partition coefficient (Wildman–Crippen LogP) is 1.14. The van der Waals surface area contributed by atoms with Crippen LogP contribution in [0.1, 0.15) is 25.0 Å². The van der Waals surface area contributed by atoms with E-state index >= 15 is 0 Å². The van der Waals surface area contributed by atoms with E-state index in [4.69, 9.17) is 5.26 Å². The molecule has 0 spiro atoms. The van der Waals surface area contributed by atoms with Gasteiger partial charge in [0.15, 0.2) is 0 Å². The fourth-order valence-corrected chi connectivity index (χ4v) is 3.10. The third kappa shape index (κ3) is 4.03. The number of hydrogen-bond acceptors (Lipinski definition) is 4. The van der Waals surface area contributed by atoms with Gasteiger partial charge in [0.05, 0.1) is 10.5 Å². The SMILES string of the molecule is CCN[C@H](C)CNS(=O)(=O)c1cccc(C)c1C#N. The van der Waals surface area contributed by atoms with Crippen molar-refractivity contribution in [2.24, 2.45) is 0 Å². The Kier molecular flexibility index (Phi) is 5.48. The summed E-state index contributed by atoms with van der Waals surface area (Å²) >= 11 is 0. The van der Waals surface area contributed by atoms with Crippen LogP contribution >= 0.6 is 0 Å². The van der Waals surface area contributed by atoms with E-state index in [1.165, 1.54) is 6.07 Å². The Labute approximate surface area is 114 Å². The van der Waals surface area contributed by atoms with E-state index in [1.807, 2.05) is 19.9 Å². The highest BCUT2D eigenvalue weighted by Crippen LogP contribution is 2.18. The lowest BCUT2D eigenvalue weighted by atomic mass is 10.1. The van der Waals surface area contributed by atoms with Crippen molar-refractivity contribution in [1.82, 2.24) is 10.0 Å². The minimum Gasteiger partial charge on any atom is -0.313 e. The molecule has 0 fully saturated rings. The van der Waals surface area contributed by atoms with Crippen LogP contribution in [0.4, 0.5) is 0 Å². The zero-order valence-corrected chi connectivity index (χ0v) is 12.2. The minimum absolute atomic E-state index is 0.0371. The fraction of sp³-hybridized carbons (Fsp3) is 0.462. The molecule has 0 aromatic heterocycles. The summed E-state index contributed by atoms with van der Waals surface area (Å²) < 4.78 is 26.9. The highest BCUT2D eigenvalue weighted by atomic mass is 32.2. The van der Waals surface area contributed by atoms with Gasteiger partial charge in [-0.15, -0.1) is 0 Å². The highest BCUT2D eigenvalue weighted by Gasteiger charge is 2.19. The molecule has 0 bridgehead atoms. The molecule has 0 unspecified atom stereocenters. The monoisotopic (exact) mass is 281 g/mol. The van der Waals surface area contributed by atoms with E-state index in [2.05, 4.69) is 10.0 Å². The average molecular weight is 281 g/mol. The van der Waals surface area contributed by atoms with E-state index in [-0.39, 0.29) is 23.0 Å². The molecule has 0 heterocycles.